The average Bonchev–Trinajstić information content (AvgIpc) is 2.86. The van der Waals surface area contributed by atoms with Gasteiger partial charge in [0, 0.05) is 12.1 Å². The minimum atomic E-state index is -0.769. The molecule has 0 aromatic heterocycles. The third-order valence-electron chi connectivity index (χ3n) is 4.89. The van der Waals surface area contributed by atoms with Crippen molar-refractivity contribution in [2.45, 2.75) is 77.8 Å². The van der Waals surface area contributed by atoms with Crippen LogP contribution in [-0.2, 0) is 22.2 Å². The molecule has 1 fully saturated rings. The monoisotopic (exact) mass is 333 g/mol. The second-order valence-electron chi connectivity index (χ2n) is 9.00. The maximum absolute atomic E-state index is 11.4. The zero-order chi connectivity index (χ0) is 18.3. The Balaban J connectivity index is 2.47. The maximum atomic E-state index is 11.4. The molecule has 1 saturated heterocycles. The lowest BCUT2D eigenvalue weighted by molar-refractivity contribution is -0.142. The van der Waals surface area contributed by atoms with E-state index in [1.165, 1.54) is 5.56 Å². The first-order valence-electron chi connectivity index (χ1n) is 8.75. The van der Waals surface area contributed by atoms with Crippen molar-refractivity contribution in [3.05, 3.63) is 28.8 Å². The van der Waals surface area contributed by atoms with Crippen molar-refractivity contribution < 1.29 is 15.0 Å². The fraction of sp³-hybridized carbons (Fsp3) is 0.650. The van der Waals surface area contributed by atoms with Crippen LogP contribution in [0.1, 0.15) is 71.1 Å². The molecule has 4 heteroatoms. The lowest BCUT2D eigenvalue weighted by Crippen LogP contribution is -2.35. The van der Waals surface area contributed by atoms with Crippen molar-refractivity contribution in [2.75, 3.05) is 6.54 Å². The zero-order valence-corrected chi connectivity index (χ0v) is 15.8. The first-order valence-corrected chi connectivity index (χ1v) is 8.75. The quantitative estimate of drug-likeness (QED) is 0.876. The van der Waals surface area contributed by atoms with Gasteiger partial charge in [-0.1, -0.05) is 53.7 Å². The van der Waals surface area contributed by atoms with Crippen LogP contribution < -0.4 is 0 Å². The van der Waals surface area contributed by atoms with Crippen LogP contribution in [0.25, 0.3) is 0 Å². The third-order valence-corrected chi connectivity index (χ3v) is 4.89. The van der Waals surface area contributed by atoms with Crippen molar-refractivity contribution in [2.24, 2.45) is 0 Å². The molecule has 1 aliphatic rings. The van der Waals surface area contributed by atoms with Crippen LogP contribution in [0.15, 0.2) is 12.1 Å². The predicted octanol–water partition coefficient (Wildman–Crippen LogP) is 4.04. The van der Waals surface area contributed by atoms with Gasteiger partial charge in [0.15, 0.2) is 0 Å². The van der Waals surface area contributed by atoms with Crippen molar-refractivity contribution in [3.63, 3.8) is 0 Å². The molecule has 1 heterocycles. The fourth-order valence-corrected chi connectivity index (χ4v) is 3.33. The fourth-order valence-electron chi connectivity index (χ4n) is 3.33. The Bertz CT molecular complexity index is 623. The predicted molar refractivity (Wildman–Crippen MR) is 96.6 cm³/mol. The van der Waals surface area contributed by atoms with Crippen LogP contribution in [-0.4, -0.2) is 33.7 Å². The van der Waals surface area contributed by atoms with E-state index in [2.05, 4.69) is 47.6 Å². The second-order valence-corrected chi connectivity index (χ2v) is 9.00. The van der Waals surface area contributed by atoms with Gasteiger partial charge in [-0.25, -0.2) is 0 Å². The highest BCUT2D eigenvalue weighted by molar-refractivity contribution is 5.73. The Morgan fingerprint density at radius 3 is 2.29 bits per heavy atom. The van der Waals surface area contributed by atoms with Gasteiger partial charge in [0.2, 0.25) is 0 Å². The van der Waals surface area contributed by atoms with E-state index in [0.29, 0.717) is 18.7 Å². The van der Waals surface area contributed by atoms with Gasteiger partial charge in [0.25, 0.3) is 0 Å². The number of phenolic OH excluding ortho intramolecular Hbond substituents is 1. The number of carboxylic acid groups (broad SMARTS) is 1. The standard InChI is InChI=1S/C20H31NO3/c1-19(2,3)14-10-13(17(22)15(11-14)20(4,5)6)12-21-9-7-8-16(21)18(23)24/h10-11,16,22H,7-9,12H2,1-6H3,(H,23,24)/t16-/m0/s1. The number of nitrogens with zero attached hydrogens (tertiary/aromatic N) is 1. The number of carbonyl (C=O) groups is 1. The molecule has 1 aromatic rings. The number of aliphatic carboxylic acids is 1. The first-order chi connectivity index (χ1) is 10.9. The van der Waals surface area contributed by atoms with E-state index >= 15 is 0 Å². The number of hydrogen-bond acceptors (Lipinski definition) is 3. The molecule has 0 spiro atoms. The number of phenols is 1. The Morgan fingerprint density at radius 1 is 1.17 bits per heavy atom. The normalized spacial score (nSPS) is 19.7. The number of rotatable bonds is 3. The summed E-state index contributed by atoms with van der Waals surface area (Å²) >= 11 is 0. The molecule has 2 N–H and O–H groups in total. The number of benzene rings is 1. The second kappa shape index (κ2) is 6.40. The smallest absolute Gasteiger partial charge is 0.320 e. The molecule has 0 radical (unpaired) electrons. The highest BCUT2D eigenvalue weighted by atomic mass is 16.4. The summed E-state index contributed by atoms with van der Waals surface area (Å²) in [7, 11) is 0. The largest absolute Gasteiger partial charge is 0.507 e. The summed E-state index contributed by atoms with van der Waals surface area (Å²) in [4.78, 5) is 13.4. The van der Waals surface area contributed by atoms with Crippen molar-refractivity contribution in [1.82, 2.24) is 4.90 Å². The van der Waals surface area contributed by atoms with Crippen molar-refractivity contribution in [1.29, 1.82) is 0 Å². The molecule has 24 heavy (non-hydrogen) atoms. The van der Waals surface area contributed by atoms with E-state index in [1.54, 1.807) is 0 Å². The lowest BCUT2D eigenvalue weighted by atomic mass is 9.79. The summed E-state index contributed by atoms with van der Waals surface area (Å²) in [5.41, 5.74) is 2.74. The van der Waals surface area contributed by atoms with Gasteiger partial charge >= 0.3 is 5.97 Å². The minimum absolute atomic E-state index is 0.0281. The molecule has 2 rings (SSSR count). The molecule has 1 aliphatic heterocycles. The van der Waals surface area contributed by atoms with E-state index in [0.717, 1.165) is 24.1 Å². The summed E-state index contributed by atoms with van der Waals surface area (Å²) in [5, 5.41) is 20.2. The van der Waals surface area contributed by atoms with Crippen molar-refractivity contribution >= 4 is 5.97 Å². The third kappa shape index (κ3) is 3.92. The molecule has 1 atom stereocenters. The number of hydrogen-bond donors (Lipinski definition) is 2. The Hall–Kier alpha value is -1.55. The molecule has 134 valence electrons. The molecule has 0 saturated carbocycles. The maximum Gasteiger partial charge on any atom is 0.320 e. The molecule has 4 nitrogen and oxygen atoms in total. The van der Waals surface area contributed by atoms with Gasteiger partial charge in [-0.2, -0.15) is 0 Å². The van der Waals surface area contributed by atoms with E-state index in [9.17, 15) is 15.0 Å². The Labute approximate surface area is 145 Å². The number of carboxylic acids is 1. The van der Waals surface area contributed by atoms with Crippen LogP contribution in [0.3, 0.4) is 0 Å². The van der Waals surface area contributed by atoms with Crippen LogP contribution in [0, 0.1) is 0 Å². The van der Waals surface area contributed by atoms with Gasteiger partial charge in [-0.15, -0.1) is 0 Å². The van der Waals surface area contributed by atoms with E-state index < -0.39 is 12.0 Å². The zero-order valence-electron chi connectivity index (χ0n) is 15.8. The summed E-state index contributed by atoms with van der Waals surface area (Å²) in [6, 6.07) is 3.69. The van der Waals surface area contributed by atoms with Gasteiger partial charge < -0.3 is 10.2 Å². The van der Waals surface area contributed by atoms with Crippen molar-refractivity contribution in [3.8, 4) is 5.75 Å². The average molecular weight is 333 g/mol. The molecule has 0 bridgehead atoms. The SMILES string of the molecule is CC(C)(C)c1cc(CN2CCC[C@H]2C(=O)O)c(O)c(C(C)(C)C)c1. The van der Waals surface area contributed by atoms with Gasteiger partial charge in [0.1, 0.15) is 11.8 Å². The molecule has 0 aliphatic carbocycles. The van der Waals surface area contributed by atoms with Gasteiger partial charge in [-0.05, 0) is 41.3 Å². The van der Waals surface area contributed by atoms with Crippen LogP contribution in [0.5, 0.6) is 5.75 Å². The van der Waals surface area contributed by atoms with Gasteiger partial charge in [0.05, 0.1) is 0 Å². The van der Waals surface area contributed by atoms with E-state index in [4.69, 9.17) is 0 Å². The lowest BCUT2D eigenvalue weighted by Gasteiger charge is -2.29. The summed E-state index contributed by atoms with van der Waals surface area (Å²) < 4.78 is 0. The molecule has 1 aromatic carbocycles. The van der Waals surface area contributed by atoms with Crippen LogP contribution >= 0.6 is 0 Å². The first kappa shape index (κ1) is 18.8. The van der Waals surface area contributed by atoms with Crippen LogP contribution in [0.4, 0.5) is 0 Å². The molecule has 0 unspecified atom stereocenters. The van der Waals surface area contributed by atoms with Crippen LogP contribution in [0.2, 0.25) is 0 Å². The highest BCUT2D eigenvalue weighted by Crippen LogP contribution is 2.38. The molecular weight excluding hydrogens is 302 g/mol. The Morgan fingerprint density at radius 2 is 1.79 bits per heavy atom. The number of likely N-dealkylation sites (tertiary alicyclic amines) is 1. The molecular formula is C20H31NO3. The summed E-state index contributed by atoms with van der Waals surface area (Å²) in [5.74, 6) is -0.457. The van der Waals surface area contributed by atoms with E-state index in [-0.39, 0.29) is 10.8 Å². The van der Waals surface area contributed by atoms with E-state index in [1.807, 2.05) is 11.0 Å². The topological polar surface area (TPSA) is 60.8 Å². The highest BCUT2D eigenvalue weighted by Gasteiger charge is 2.32. The summed E-state index contributed by atoms with van der Waals surface area (Å²) in [6.07, 6.45) is 1.57. The number of aromatic hydroxyl groups is 1. The summed E-state index contributed by atoms with van der Waals surface area (Å²) in [6.45, 7) is 14.0. The molecule has 0 amide bonds. The van der Waals surface area contributed by atoms with Gasteiger partial charge in [-0.3, -0.25) is 9.69 Å². The minimum Gasteiger partial charge on any atom is -0.507 e. The Kier molecular flexibility index (Phi) is 5.01.